The van der Waals surface area contributed by atoms with Gasteiger partial charge in [-0.1, -0.05) is 12.2 Å². The van der Waals surface area contributed by atoms with E-state index in [0.29, 0.717) is 13.1 Å². The number of hydrogen-bond acceptors (Lipinski definition) is 4. The summed E-state index contributed by atoms with van der Waals surface area (Å²) in [7, 11) is 0. The topological polar surface area (TPSA) is 102 Å². The monoisotopic (exact) mass is 279 g/mol. The Bertz CT molecular complexity index is 511. The number of urea groups is 1. The van der Waals surface area contributed by atoms with Crippen molar-refractivity contribution < 1.29 is 9.72 Å². The molecule has 2 amide bonds. The van der Waals surface area contributed by atoms with Gasteiger partial charge in [0.15, 0.2) is 0 Å². The Kier molecular flexibility index (Phi) is 4.70. The zero-order valence-electron chi connectivity index (χ0n) is 11.0. The first-order valence-electron chi connectivity index (χ1n) is 6.51. The summed E-state index contributed by atoms with van der Waals surface area (Å²) in [6.07, 6.45) is 9.51. The fourth-order valence-corrected chi connectivity index (χ4v) is 2.01. The molecule has 1 unspecified atom stereocenters. The highest BCUT2D eigenvalue weighted by molar-refractivity contribution is 5.74. The van der Waals surface area contributed by atoms with E-state index in [1.807, 2.05) is 0 Å². The second kappa shape index (κ2) is 6.69. The number of aromatic nitrogens is 2. The Morgan fingerprint density at radius 2 is 2.40 bits per heavy atom. The van der Waals surface area contributed by atoms with Crippen LogP contribution in [0.25, 0.3) is 0 Å². The molecule has 8 heteroatoms. The molecule has 0 radical (unpaired) electrons. The highest BCUT2D eigenvalue weighted by Gasteiger charge is 2.12. The molecule has 1 aliphatic carbocycles. The molecular formula is C12H17N5O3. The third-order valence-corrected chi connectivity index (χ3v) is 3.06. The van der Waals surface area contributed by atoms with E-state index < -0.39 is 4.92 Å². The molecular weight excluding hydrogens is 262 g/mol. The molecule has 1 aliphatic rings. The van der Waals surface area contributed by atoms with Crippen molar-refractivity contribution in [3.8, 4) is 0 Å². The van der Waals surface area contributed by atoms with Gasteiger partial charge in [0, 0.05) is 12.6 Å². The van der Waals surface area contributed by atoms with Crippen LogP contribution in [0.15, 0.2) is 24.5 Å². The van der Waals surface area contributed by atoms with Crippen molar-refractivity contribution in [2.75, 3.05) is 6.54 Å². The van der Waals surface area contributed by atoms with E-state index in [1.54, 1.807) is 0 Å². The lowest BCUT2D eigenvalue weighted by molar-refractivity contribution is -0.385. The van der Waals surface area contributed by atoms with Crippen LogP contribution in [-0.2, 0) is 6.54 Å². The minimum Gasteiger partial charge on any atom is -0.336 e. The molecule has 2 N–H and O–H groups in total. The molecule has 1 heterocycles. The molecule has 0 bridgehead atoms. The van der Waals surface area contributed by atoms with Crippen molar-refractivity contribution in [2.24, 2.45) is 0 Å². The summed E-state index contributed by atoms with van der Waals surface area (Å²) in [5.41, 5.74) is -0.0524. The highest BCUT2D eigenvalue weighted by Crippen LogP contribution is 2.10. The Morgan fingerprint density at radius 1 is 1.55 bits per heavy atom. The van der Waals surface area contributed by atoms with Crippen LogP contribution >= 0.6 is 0 Å². The van der Waals surface area contributed by atoms with Crippen molar-refractivity contribution >= 4 is 11.7 Å². The normalized spacial score (nSPS) is 17.7. The summed E-state index contributed by atoms with van der Waals surface area (Å²) in [5.74, 6) is 0. The number of nitrogens with zero attached hydrogens (tertiary/aromatic N) is 3. The van der Waals surface area contributed by atoms with Crippen LogP contribution in [0.5, 0.6) is 0 Å². The fraction of sp³-hybridized carbons (Fsp3) is 0.500. The van der Waals surface area contributed by atoms with Crippen molar-refractivity contribution in [3.63, 3.8) is 0 Å². The van der Waals surface area contributed by atoms with Crippen LogP contribution in [0.1, 0.15) is 19.3 Å². The lowest BCUT2D eigenvalue weighted by Crippen LogP contribution is -2.43. The quantitative estimate of drug-likeness (QED) is 0.480. The van der Waals surface area contributed by atoms with Crippen LogP contribution in [0.4, 0.5) is 10.5 Å². The van der Waals surface area contributed by atoms with Crippen LogP contribution in [-0.4, -0.2) is 33.3 Å². The first kappa shape index (κ1) is 14.0. The average Bonchev–Trinajstić information content (AvgIpc) is 2.89. The van der Waals surface area contributed by atoms with Gasteiger partial charge in [-0.25, -0.2) is 4.79 Å². The molecule has 0 saturated carbocycles. The Balaban J connectivity index is 1.68. The first-order chi connectivity index (χ1) is 9.65. The molecule has 0 aliphatic heterocycles. The second-order valence-corrected chi connectivity index (χ2v) is 4.60. The van der Waals surface area contributed by atoms with E-state index in [1.165, 1.54) is 17.1 Å². The fourth-order valence-electron chi connectivity index (χ4n) is 2.01. The van der Waals surface area contributed by atoms with Crippen molar-refractivity contribution in [2.45, 2.75) is 31.8 Å². The standard InChI is InChI=1S/C12H17N5O3/c18-12(15-10-4-2-1-3-5-10)13-6-7-16-9-11(8-14-16)17(19)20/h1-2,8-10H,3-7H2,(H2,13,15,18). The maximum absolute atomic E-state index is 11.6. The molecule has 1 atom stereocenters. The molecule has 8 nitrogen and oxygen atoms in total. The average molecular weight is 279 g/mol. The van der Waals surface area contributed by atoms with Gasteiger partial charge in [-0.2, -0.15) is 5.10 Å². The zero-order valence-corrected chi connectivity index (χ0v) is 11.0. The number of hydrogen-bond donors (Lipinski definition) is 2. The molecule has 108 valence electrons. The molecule has 0 aromatic carbocycles. The number of amides is 2. The Morgan fingerprint density at radius 3 is 3.05 bits per heavy atom. The van der Waals surface area contributed by atoms with Crippen molar-refractivity contribution in [3.05, 3.63) is 34.7 Å². The molecule has 0 saturated heterocycles. The Hall–Kier alpha value is -2.38. The predicted octanol–water partition coefficient (Wildman–Crippen LogP) is 1.20. The Labute approximate surface area is 116 Å². The summed E-state index contributed by atoms with van der Waals surface area (Å²) >= 11 is 0. The van der Waals surface area contributed by atoms with Crippen LogP contribution < -0.4 is 10.6 Å². The van der Waals surface area contributed by atoms with Crippen LogP contribution in [0.2, 0.25) is 0 Å². The minimum atomic E-state index is -0.500. The van der Waals surface area contributed by atoms with E-state index in [2.05, 4.69) is 27.9 Å². The van der Waals surface area contributed by atoms with Gasteiger partial charge in [0.1, 0.15) is 12.4 Å². The molecule has 0 spiro atoms. The molecule has 1 aromatic heterocycles. The number of nitrogens with one attached hydrogen (secondary N) is 2. The zero-order chi connectivity index (χ0) is 14.4. The number of carbonyl (C=O) groups excluding carboxylic acids is 1. The van der Waals surface area contributed by atoms with E-state index in [-0.39, 0.29) is 17.8 Å². The highest BCUT2D eigenvalue weighted by atomic mass is 16.6. The van der Waals surface area contributed by atoms with Gasteiger partial charge in [-0.3, -0.25) is 14.8 Å². The predicted molar refractivity (Wildman–Crippen MR) is 72.2 cm³/mol. The summed E-state index contributed by atoms with van der Waals surface area (Å²) < 4.78 is 1.43. The molecule has 0 fully saturated rings. The van der Waals surface area contributed by atoms with Gasteiger partial charge >= 0.3 is 11.7 Å². The van der Waals surface area contributed by atoms with Gasteiger partial charge in [-0.15, -0.1) is 0 Å². The maximum atomic E-state index is 11.6. The largest absolute Gasteiger partial charge is 0.336 e. The van der Waals surface area contributed by atoms with Gasteiger partial charge in [0.25, 0.3) is 0 Å². The number of carbonyl (C=O) groups is 1. The number of allylic oxidation sites excluding steroid dienone is 1. The molecule has 20 heavy (non-hydrogen) atoms. The first-order valence-corrected chi connectivity index (χ1v) is 6.51. The lowest BCUT2D eigenvalue weighted by atomic mass is 10.0. The van der Waals surface area contributed by atoms with E-state index in [0.717, 1.165) is 19.3 Å². The van der Waals surface area contributed by atoms with E-state index >= 15 is 0 Å². The maximum Gasteiger partial charge on any atom is 0.315 e. The van der Waals surface area contributed by atoms with Crippen molar-refractivity contribution in [1.82, 2.24) is 20.4 Å². The summed E-state index contributed by atoms with van der Waals surface area (Å²) in [6, 6.07) is -0.0299. The van der Waals surface area contributed by atoms with E-state index in [4.69, 9.17) is 0 Å². The summed E-state index contributed by atoms with van der Waals surface area (Å²) in [6.45, 7) is 0.763. The van der Waals surface area contributed by atoms with Gasteiger partial charge in [-0.05, 0) is 19.3 Å². The summed E-state index contributed by atoms with van der Waals surface area (Å²) in [5, 5.41) is 19.9. The third kappa shape index (κ3) is 4.08. The van der Waals surface area contributed by atoms with E-state index in [9.17, 15) is 14.9 Å². The van der Waals surface area contributed by atoms with Crippen LogP contribution in [0, 0.1) is 10.1 Å². The third-order valence-electron chi connectivity index (χ3n) is 3.06. The number of nitro groups is 1. The summed E-state index contributed by atoms with van der Waals surface area (Å²) in [4.78, 5) is 21.6. The van der Waals surface area contributed by atoms with Gasteiger partial charge in [0.05, 0.1) is 11.5 Å². The second-order valence-electron chi connectivity index (χ2n) is 4.60. The minimum absolute atomic E-state index is 0.0524. The molecule has 2 rings (SSSR count). The van der Waals surface area contributed by atoms with Gasteiger partial charge in [0.2, 0.25) is 0 Å². The lowest BCUT2D eigenvalue weighted by Gasteiger charge is -2.19. The number of rotatable bonds is 5. The molecule has 1 aromatic rings. The smallest absolute Gasteiger partial charge is 0.315 e. The SMILES string of the molecule is O=C(NCCn1cc([N+](=O)[O-])cn1)NC1CC=CCC1. The van der Waals surface area contributed by atoms with Gasteiger partial charge < -0.3 is 10.6 Å². The van der Waals surface area contributed by atoms with Crippen LogP contribution in [0.3, 0.4) is 0 Å². The van der Waals surface area contributed by atoms with Crippen molar-refractivity contribution in [1.29, 1.82) is 0 Å².